The molecule has 2 saturated heterocycles. The zero-order valence-corrected chi connectivity index (χ0v) is 13.2. The molecular formula is C16H25N5O. The number of rotatable bonds is 2. The van der Waals surface area contributed by atoms with Crippen LogP contribution in [0.25, 0.3) is 0 Å². The Kier molecular flexibility index (Phi) is 4.09. The second-order valence-electron chi connectivity index (χ2n) is 6.45. The van der Waals surface area contributed by atoms with Crippen molar-refractivity contribution in [3.8, 4) is 0 Å². The Balaban J connectivity index is 1.75. The molecule has 3 heterocycles. The average molecular weight is 303 g/mol. The van der Waals surface area contributed by atoms with Gasteiger partial charge in [-0.05, 0) is 44.7 Å². The minimum absolute atomic E-state index is 0.0647. The van der Waals surface area contributed by atoms with E-state index < -0.39 is 0 Å². The number of nitrogens with two attached hydrogens (primary N) is 2. The first-order chi connectivity index (χ1) is 10.6. The van der Waals surface area contributed by atoms with Crippen molar-refractivity contribution in [2.45, 2.75) is 38.6 Å². The van der Waals surface area contributed by atoms with Gasteiger partial charge in [-0.1, -0.05) is 0 Å². The first kappa shape index (κ1) is 14.9. The summed E-state index contributed by atoms with van der Waals surface area (Å²) in [6.07, 6.45) is 4.22. The Labute approximate surface area is 131 Å². The predicted molar refractivity (Wildman–Crippen MR) is 88.4 cm³/mol. The zero-order chi connectivity index (χ0) is 15.7. The normalized spacial score (nSPS) is 25.5. The first-order valence-corrected chi connectivity index (χ1v) is 8.13. The third-order valence-electron chi connectivity index (χ3n) is 4.89. The molecule has 120 valence electrons. The van der Waals surface area contributed by atoms with E-state index in [9.17, 15) is 4.79 Å². The largest absolute Gasteiger partial charge is 0.396 e. The van der Waals surface area contributed by atoms with Crippen LogP contribution in [0.1, 0.15) is 32.6 Å². The van der Waals surface area contributed by atoms with Crippen molar-refractivity contribution in [1.82, 2.24) is 9.88 Å². The van der Waals surface area contributed by atoms with Gasteiger partial charge in [-0.3, -0.25) is 4.79 Å². The van der Waals surface area contributed by atoms with Gasteiger partial charge in [0.25, 0.3) is 0 Å². The van der Waals surface area contributed by atoms with Gasteiger partial charge in [-0.2, -0.15) is 0 Å². The van der Waals surface area contributed by atoms with Crippen molar-refractivity contribution in [2.24, 2.45) is 5.92 Å². The Morgan fingerprint density at radius 3 is 2.64 bits per heavy atom. The molecule has 0 saturated carbocycles. The molecule has 0 aromatic carbocycles. The van der Waals surface area contributed by atoms with Crippen LogP contribution >= 0.6 is 0 Å². The van der Waals surface area contributed by atoms with Gasteiger partial charge < -0.3 is 21.3 Å². The van der Waals surface area contributed by atoms with Crippen LogP contribution in [-0.2, 0) is 4.79 Å². The highest BCUT2D eigenvalue weighted by Crippen LogP contribution is 2.29. The molecule has 0 aliphatic carbocycles. The number of carbonyl (C=O) groups is 1. The molecule has 4 N–H and O–H groups in total. The summed E-state index contributed by atoms with van der Waals surface area (Å²) in [6, 6.07) is 4.04. The van der Waals surface area contributed by atoms with Crippen LogP contribution in [0.5, 0.6) is 0 Å². The number of anilines is 3. The molecule has 1 aromatic rings. The number of hydrogen-bond acceptors (Lipinski definition) is 5. The third-order valence-corrected chi connectivity index (χ3v) is 4.89. The van der Waals surface area contributed by atoms with Crippen molar-refractivity contribution in [2.75, 3.05) is 36.0 Å². The zero-order valence-electron chi connectivity index (χ0n) is 13.2. The maximum absolute atomic E-state index is 12.6. The van der Waals surface area contributed by atoms with Crippen LogP contribution in [0, 0.1) is 5.92 Å². The quantitative estimate of drug-likeness (QED) is 0.864. The Morgan fingerprint density at radius 2 is 1.95 bits per heavy atom. The van der Waals surface area contributed by atoms with Gasteiger partial charge in [0.1, 0.15) is 11.6 Å². The van der Waals surface area contributed by atoms with Gasteiger partial charge in [-0.25, -0.2) is 4.98 Å². The Hall–Kier alpha value is -1.98. The van der Waals surface area contributed by atoms with Gasteiger partial charge in [0.15, 0.2) is 0 Å². The van der Waals surface area contributed by atoms with E-state index in [2.05, 4.69) is 16.8 Å². The number of nitrogens with zero attached hydrogens (tertiary/aromatic N) is 3. The van der Waals surface area contributed by atoms with Gasteiger partial charge in [0.2, 0.25) is 5.91 Å². The minimum atomic E-state index is 0.0647. The van der Waals surface area contributed by atoms with E-state index in [-0.39, 0.29) is 5.92 Å². The standard InChI is InChI=1S/C16H25N5O/c1-11-4-5-12(16(22)20-8-2-3-9-20)10-21(11)14-7-6-13(17)15(18)19-14/h6-7,11-12H,2-5,8-10,17H2,1H3,(H2,18,19)/t11-,12+/m0/s1. The first-order valence-electron chi connectivity index (χ1n) is 8.13. The number of pyridine rings is 1. The van der Waals surface area contributed by atoms with Crippen molar-refractivity contribution in [3.63, 3.8) is 0 Å². The number of likely N-dealkylation sites (tertiary alicyclic amines) is 1. The van der Waals surface area contributed by atoms with Crippen LogP contribution in [0.4, 0.5) is 17.3 Å². The number of amides is 1. The van der Waals surface area contributed by atoms with Gasteiger partial charge in [0, 0.05) is 25.7 Å². The second-order valence-corrected chi connectivity index (χ2v) is 6.45. The molecule has 0 spiro atoms. The summed E-state index contributed by atoms with van der Waals surface area (Å²) in [5, 5.41) is 0. The van der Waals surface area contributed by atoms with E-state index in [1.165, 1.54) is 0 Å². The number of piperidine rings is 1. The summed E-state index contributed by atoms with van der Waals surface area (Å²) in [4.78, 5) is 21.2. The number of nitrogen functional groups attached to an aromatic ring is 2. The van der Waals surface area contributed by atoms with E-state index in [0.717, 1.165) is 44.6 Å². The number of carbonyl (C=O) groups excluding carboxylic acids is 1. The van der Waals surface area contributed by atoms with Crippen LogP contribution in [0.3, 0.4) is 0 Å². The summed E-state index contributed by atoms with van der Waals surface area (Å²) >= 11 is 0. The molecule has 6 nitrogen and oxygen atoms in total. The molecule has 2 fully saturated rings. The lowest BCUT2D eigenvalue weighted by Crippen LogP contribution is -2.48. The molecule has 2 aliphatic rings. The smallest absolute Gasteiger partial charge is 0.227 e. The lowest BCUT2D eigenvalue weighted by Gasteiger charge is -2.39. The minimum Gasteiger partial charge on any atom is -0.396 e. The molecule has 2 aliphatic heterocycles. The molecule has 1 amide bonds. The molecule has 0 radical (unpaired) electrons. The molecule has 22 heavy (non-hydrogen) atoms. The van der Waals surface area contributed by atoms with E-state index >= 15 is 0 Å². The lowest BCUT2D eigenvalue weighted by atomic mass is 9.92. The molecule has 2 atom stereocenters. The summed E-state index contributed by atoms with van der Waals surface area (Å²) in [5.41, 5.74) is 12.1. The molecule has 6 heteroatoms. The van der Waals surface area contributed by atoms with Crippen molar-refractivity contribution < 1.29 is 4.79 Å². The Bertz CT molecular complexity index is 555. The summed E-state index contributed by atoms with van der Waals surface area (Å²) in [7, 11) is 0. The second kappa shape index (κ2) is 6.02. The topological polar surface area (TPSA) is 88.5 Å². The van der Waals surface area contributed by atoms with Crippen LogP contribution in [-0.4, -0.2) is 41.5 Å². The fourth-order valence-electron chi connectivity index (χ4n) is 3.46. The van der Waals surface area contributed by atoms with E-state index in [1.807, 2.05) is 11.0 Å². The van der Waals surface area contributed by atoms with Crippen molar-refractivity contribution in [3.05, 3.63) is 12.1 Å². The number of aromatic nitrogens is 1. The lowest BCUT2D eigenvalue weighted by molar-refractivity contribution is -0.134. The van der Waals surface area contributed by atoms with Crippen LogP contribution in [0.15, 0.2) is 12.1 Å². The van der Waals surface area contributed by atoms with Crippen molar-refractivity contribution >= 4 is 23.2 Å². The maximum atomic E-state index is 12.6. The van der Waals surface area contributed by atoms with Crippen molar-refractivity contribution in [1.29, 1.82) is 0 Å². The summed E-state index contributed by atoms with van der Waals surface area (Å²) < 4.78 is 0. The molecule has 0 unspecified atom stereocenters. The van der Waals surface area contributed by atoms with Crippen LogP contribution < -0.4 is 16.4 Å². The van der Waals surface area contributed by atoms with E-state index in [0.29, 0.717) is 30.0 Å². The van der Waals surface area contributed by atoms with Gasteiger partial charge >= 0.3 is 0 Å². The monoisotopic (exact) mass is 303 g/mol. The predicted octanol–water partition coefficient (Wildman–Crippen LogP) is 1.47. The van der Waals surface area contributed by atoms with Gasteiger partial charge in [-0.15, -0.1) is 0 Å². The van der Waals surface area contributed by atoms with E-state index in [4.69, 9.17) is 11.5 Å². The van der Waals surface area contributed by atoms with Gasteiger partial charge in [0.05, 0.1) is 11.6 Å². The Morgan fingerprint density at radius 1 is 1.23 bits per heavy atom. The summed E-state index contributed by atoms with van der Waals surface area (Å²) in [6.45, 7) is 4.72. The SMILES string of the molecule is C[C@H]1CC[C@@H](C(=O)N2CCCC2)CN1c1ccc(N)c(N)n1. The maximum Gasteiger partial charge on any atom is 0.227 e. The fourth-order valence-corrected chi connectivity index (χ4v) is 3.46. The number of hydrogen-bond donors (Lipinski definition) is 2. The highest BCUT2D eigenvalue weighted by atomic mass is 16.2. The fraction of sp³-hybridized carbons (Fsp3) is 0.625. The molecule has 0 bridgehead atoms. The average Bonchev–Trinajstić information content (AvgIpc) is 3.04. The van der Waals surface area contributed by atoms with Crippen LogP contribution in [0.2, 0.25) is 0 Å². The molecule has 1 aromatic heterocycles. The third kappa shape index (κ3) is 2.82. The highest BCUT2D eigenvalue weighted by molar-refractivity contribution is 5.80. The summed E-state index contributed by atoms with van der Waals surface area (Å²) in [5.74, 6) is 1.54. The van der Waals surface area contributed by atoms with E-state index in [1.54, 1.807) is 6.07 Å². The molecule has 3 rings (SSSR count). The highest BCUT2D eigenvalue weighted by Gasteiger charge is 2.33. The molecular weight excluding hydrogens is 278 g/mol.